The van der Waals surface area contributed by atoms with E-state index in [1.807, 2.05) is 44.2 Å². The molecule has 0 fully saturated rings. The number of hydrogen-bond acceptors (Lipinski definition) is 4. The van der Waals surface area contributed by atoms with Gasteiger partial charge in [0, 0.05) is 7.05 Å². The number of hydrazine groups is 1. The molecule has 1 aromatic carbocycles. The van der Waals surface area contributed by atoms with Crippen molar-refractivity contribution in [1.82, 2.24) is 10.3 Å². The minimum Gasteiger partial charge on any atom is -0.445 e. The highest BCUT2D eigenvalue weighted by atomic mass is 16.6. The number of rotatable bonds is 6. The van der Waals surface area contributed by atoms with Gasteiger partial charge in [0.25, 0.3) is 5.91 Å². The van der Waals surface area contributed by atoms with Crippen molar-refractivity contribution in [3.63, 3.8) is 0 Å². The van der Waals surface area contributed by atoms with Gasteiger partial charge in [-0.05, 0) is 17.9 Å². The Labute approximate surface area is 125 Å². The number of nitrogens with one attached hydrogen (secondary N) is 1. The Kier molecular flexibility index (Phi) is 6.68. The zero-order valence-corrected chi connectivity index (χ0v) is 12.7. The number of nitrogens with zero attached hydrogens (tertiary/aromatic N) is 1. The third-order valence-electron chi connectivity index (χ3n) is 3.10. The van der Waals surface area contributed by atoms with Gasteiger partial charge in [0.1, 0.15) is 12.6 Å². The van der Waals surface area contributed by atoms with Crippen LogP contribution in [0, 0.1) is 5.92 Å². The predicted molar refractivity (Wildman–Crippen MR) is 80.0 cm³/mol. The van der Waals surface area contributed by atoms with Crippen LogP contribution in [0.15, 0.2) is 30.3 Å². The number of hydrogen-bond donors (Lipinski definition) is 2. The summed E-state index contributed by atoms with van der Waals surface area (Å²) in [6, 6.07) is 8.73. The number of carbonyl (C=O) groups is 2. The van der Waals surface area contributed by atoms with Gasteiger partial charge >= 0.3 is 6.09 Å². The Bertz CT molecular complexity index is 462. The lowest BCUT2D eigenvalue weighted by atomic mass is 10.0. The molecule has 0 aliphatic carbocycles. The SMILES string of the molecule is CC(C)C[C@@H](C(=O)NN)N(C)C(=O)OCc1ccccc1. The number of likely N-dealkylation sites (N-methyl/N-ethyl adjacent to an activating group) is 1. The van der Waals surface area contributed by atoms with E-state index in [1.165, 1.54) is 11.9 Å². The lowest BCUT2D eigenvalue weighted by Crippen LogP contribution is -2.50. The normalized spacial score (nSPS) is 11.9. The van der Waals surface area contributed by atoms with Crippen molar-refractivity contribution in [3.05, 3.63) is 35.9 Å². The van der Waals surface area contributed by atoms with Gasteiger partial charge in [0.15, 0.2) is 0 Å². The van der Waals surface area contributed by atoms with Gasteiger partial charge in [0.05, 0.1) is 0 Å². The van der Waals surface area contributed by atoms with E-state index >= 15 is 0 Å². The highest BCUT2D eigenvalue weighted by Crippen LogP contribution is 2.12. The summed E-state index contributed by atoms with van der Waals surface area (Å²) < 4.78 is 5.21. The third kappa shape index (κ3) is 5.43. The molecule has 1 atom stereocenters. The quantitative estimate of drug-likeness (QED) is 0.474. The van der Waals surface area contributed by atoms with Gasteiger partial charge < -0.3 is 4.74 Å². The number of carbonyl (C=O) groups excluding carboxylic acids is 2. The van der Waals surface area contributed by atoms with Gasteiger partial charge in [-0.1, -0.05) is 44.2 Å². The predicted octanol–water partition coefficient (Wildman–Crippen LogP) is 1.66. The van der Waals surface area contributed by atoms with E-state index in [4.69, 9.17) is 10.6 Å². The fourth-order valence-electron chi connectivity index (χ4n) is 1.93. The summed E-state index contributed by atoms with van der Waals surface area (Å²) in [6.45, 7) is 4.11. The molecule has 0 spiro atoms. The van der Waals surface area contributed by atoms with Crippen LogP contribution >= 0.6 is 0 Å². The van der Waals surface area contributed by atoms with Crippen LogP contribution in [-0.2, 0) is 16.1 Å². The van der Waals surface area contributed by atoms with E-state index < -0.39 is 18.0 Å². The molecule has 6 heteroatoms. The third-order valence-corrected chi connectivity index (χ3v) is 3.10. The first-order valence-corrected chi connectivity index (χ1v) is 6.89. The maximum absolute atomic E-state index is 12.0. The van der Waals surface area contributed by atoms with Crippen LogP contribution in [0.2, 0.25) is 0 Å². The molecule has 0 bridgehead atoms. The molecule has 116 valence electrons. The molecule has 2 amide bonds. The summed E-state index contributed by atoms with van der Waals surface area (Å²) in [4.78, 5) is 25.1. The molecular weight excluding hydrogens is 270 g/mol. The van der Waals surface area contributed by atoms with Gasteiger partial charge in [-0.2, -0.15) is 0 Å². The van der Waals surface area contributed by atoms with Gasteiger partial charge in [-0.15, -0.1) is 0 Å². The fraction of sp³-hybridized carbons (Fsp3) is 0.467. The number of benzene rings is 1. The second-order valence-electron chi connectivity index (χ2n) is 5.31. The van der Waals surface area contributed by atoms with E-state index in [1.54, 1.807) is 0 Å². The molecule has 0 aromatic heterocycles. The topological polar surface area (TPSA) is 84.7 Å². The molecule has 1 aromatic rings. The van der Waals surface area contributed by atoms with Crippen LogP contribution < -0.4 is 11.3 Å². The van der Waals surface area contributed by atoms with Crippen molar-refractivity contribution in [2.45, 2.75) is 32.9 Å². The average Bonchev–Trinajstić information content (AvgIpc) is 2.49. The Hall–Kier alpha value is -2.08. The Balaban J connectivity index is 2.63. The Morgan fingerprint density at radius 2 is 1.90 bits per heavy atom. The molecule has 0 aliphatic heterocycles. The lowest BCUT2D eigenvalue weighted by Gasteiger charge is -2.27. The van der Waals surface area contributed by atoms with Crippen LogP contribution in [0.3, 0.4) is 0 Å². The van der Waals surface area contributed by atoms with Crippen molar-refractivity contribution in [2.24, 2.45) is 11.8 Å². The zero-order chi connectivity index (χ0) is 15.8. The summed E-state index contributed by atoms with van der Waals surface area (Å²) >= 11 is 0. The second kappa shape index (κ2) is 8.26. The smallest absolute Gasteiger partial charge is 0.410 e. The summed E-state index contributed by atoms with van der Waals surface area (Å²) in [6.07, 6.45) is -0.0342. The molecule has 0 saturated heterocycles. The molecule has 0 unspecified atom stereocenters. The Morgan fingerprint density at radius 1 is 1.29 bits per heavy atom. The molecule has 21 heavy (non-hydrogen) atoms. The number of nitrogens with two attached hydrogens (primary N) is 1. The first-order valence-electron chi connectivity index (χ1n) is 6.89. The van der Waals surface area contributed by atoms with Crippen LogP contribution in [-0.4, -0.2) is 30.0 Å². The first kappa shape index (κ1) is 17.0. The van der Waals surface area contributed by atoms with E-state index in [-0.39, 0.29) is 12.5 Å². The highest BCUT2D eigenvalue weighted by molar-refractivity contribution is 5.85. The average molecular weight is 293 g/mol. The highest BCUT2D eigenvalue weighted by Gasteiger charge is 2.28. The minimum atomic E-state index is -0.640. The van der Waals surface area contributed by atoms with Gasteiger partial charge in [0.2, 0.25) is 0 Å². The minimum absolute atomic E-state index is 0.169. The largest absolute Gasteiger partial charge is 0.445 e. The zero-order valence-electron chi connectivity index (χ0n) is 12.7. The van der Waals surface area contributed by atoms with Crippen molar-refractivity contribution >= 4 is 12.0 Å². The molecule has 1 rings (SSSR count). The second-order valence-corrected chi connectivity index (χ2v) is 5.31. The van der Waals surface area contributed by atoms with E-state index in [0.29, 0.717) is 6.42 Å². The summed E-state index contributed by atoms with van der Waals surface area (Å²) in [5.41, 5.74) is 2.98. The van der Waals surface area contributed by atoms with E-state index in [9.17, 15) is 9.59 Å². The van der Waals surface area contributed by atoms with Crippen molar-refractivity contribution in [1.29, 1.82) is 0 Å². The maximum atomic E-state index is 12.0. The molecule has 6 nitrogen and oxygen atoms in total. The van der Waals surface area contributed by atoms with Crippen molar-refractivity contribution < 1.29 is 14.3 Å². The molecule has 0 heterocycles. The summed E-state index contributed by atoms with van der Waals surface area (Å²) in [5, 5.41) is 0. The fourth-order valence-corrected chi connectivity index (χ4v) is 1.93. The lowest BCUT2D eigenvalue weighted by molar-refractivity contribution is -0.126. The number of amides is 2. The summed E-state index contributed by atoms with van der Waals surface area (Å²) in [7, 11) is 1.54. The molecule has 0 saturated carbocycles. The molecule has 0 radical (unpaired) electrons. The Morgan fingerprint density at radius 3 is 2.43 bits per heavy atom. The molecular formula is C15H23N3O3. The standard InChI is InChI=1S/C15H23N3O3/c1-11(2)9-13(14(19)17-16)18(3)15(20)21-10-12-7-5-4-6-8-12/h4-8,11,13H,9-10,16H2,1-3H3,(H,17,19)/t13-/m0/s1. The van der Waals surface area contributed by atoms with Crippen LogP contribution in [0.4, 0.5) is 4.79 Å². The van der Waals surface area contributed by atoms with Gasteiger partial charge in [-0.3, -0.25) is 15.1 Å². The van der Waals surface area contributed by atoms with E-state index in [2.05, 4.69) is 5.43 Å². The van der Waals surface area contributed by atoms with Crippen molar-refractivity contribution in [3.8, 4) is 0 Å². The molecule has 0 aliphatic rings. The monoisotopic (exact) mass is 293 g/mol. The van der Waals surface area contributed by atoms with E-state index in [0.717, 1.165) is 5.56 Å². The van der Waals surface area contributed by atoms with Gasteiger partial charge in [-0.25, -0.2) is 10.6 Å². The van der Waals surface area contributed by atoms with Crippen LogP contribution in [0.5, 0.6) is 0 Å². The molecule has 3 N–H and O–H groups in total. The number of ether oxygens (including phenoxy) is 1. The maximum Gasteiger partial charge on any atom is 0.410 e. The first-order chi connectivity index (χ1) is 9.95. The van der Waals surface area contributed by atoms with Crippen LogP contribution in [0.25, 0.3) is 0 Å². The van der Waals surface area contributed by atoms with Crippen LogP contribution in [0.1, 0.15) is 25.8 Å². The summed E-state index contributed by atoms with van der Waals surface area (Å²) in [5.74, 6) is 5.02. The van der Waals surface area contributed by atoms with Crippen molar-refractivity contribution in [2.75, 3.05) is 7.05 Å².